The Hall–Kier alpha value is -1.35. The normalized spacial score (nSPS) is 18.7. The molecule has 0 radical (unpaired) electrons. The van der Waals surface area contributed by atoms with E-state index >= 15 is 0 Å². The SMILES string of the molecule is CCc1cccc(NC(=O)C2(C)CCN(C(C)C)CC2)c1. The number of rotatable bonds is 4. The van der Waals surface area contributed by atoms with Crippen LogP contribution >= 0.6 is 0 Å². The summed E-state index contributed by atoms with van der Waals surface area (Å²) < 4.78 is 0. The van der Waals surface area contributed by atoms with Gasteiger partial charge in [-0.2, -0.15) is 0 Å². The average molecular weight is 288 g/mol. The van der Waals surface area contributed by atoms with E-state index < -0.39 is 0 Å². The molecule has 0 aromatic heterocycles. The lowest BCUT2D eigenvalue weighted by atomic mass is 9.79. The minimum Gasteiger partial charge on any atom is -0.326 e. The maximum Gasteiger partial charge on any atom is 0.230 e. The molecule has 1 aromatic rings. The van der Waals surface area contributed by atoms with E-state index in [4.69, 9.17) is 0 Å². The summed E-state index contributed by atoms with van der Waals surface area (Å²) in [5.41, 5.74) is 1.94. The van der Waals surface area contributed by atoms with Crippen molar-refractivity contribution in [2.24, 2.45) is 5.41 Å². The van der Waals surface area contributed by atoms with Crippen LogP contribution in [-0.4, -0.2) is 29.9 Å². The molecule has 1 aromatic carbocycles. The van der Waals surface area contributed by atoms with Crippen LogP contribution in [0.3, 0.4) is 0 Å². The molecule has 0 spiro atoms. The number of nitrogens with zero attached hydrogens (tertiary/aromatic N) is 1. The molecular weight excluding hydrogens is 260 g/mol. The van der Waals surface area contributed by atoms with Gasteiger partial charge in [0.25, 0.3) is 0 Å². The predicted molar refractivity (Wildman–Crippen MR) is 88.5 cm³/mol. The highest BCUT2D eigenvalue weighted by atomic mass is 16.2. The van der Waals surface area contributed by atoms with Crippen molar-refractivity contribution in [3.8, 4) is 0 Å². The number of carbonyl (C=O) groups excluding carboxylic acids is 1. The van der Waals surface area contributed by atoms with Crippen molar-refractivity contribution in [3.05, 3.63) is 29.8 Å². The zero-order chi connectivity index (χ0) is 15.5. The van der Waals surface area contributed by atoms with Crippen LogP contribution in [0.5, 0.6) is 0 Å². The third kappa shape index (κ3) is 3.85. The molecule has 1 aliphatic heterocycles. The lowest BCUT2D eigenvalue weighted by Gasteiger charge is -2.40. The molecule has 3 heteroatoms. The zero-order valence-corrected chi connectivity index (χ0v) is 13.8. The number of likely N-dealkylation sites (tertiary alicyclic amines) is 1. The second-order valence-corrected chi connectivity index (χ2v) is 6.70. The summed E-state index contributed by atoms with van der Waals surface area (Å²) >= 11 is 0. The molecule has 21 heavy (non-hydrogen) atoms. The lowest BCUT2D eigenvalue weighted by Crippen LogP contribution is -2.47. The van der Waals surface area contributed by atoms with E-state index in [-0.39, 0.29) is 11.3 Å². The van der Waals surface area contributed by atoms with Gasteiger partial charge in [0.15, 0.2) is 0 Å². The number of hydrogen-bond donors (Lipinski definition) is 1. The van der Waals surface area contributed by atoms with Crippen molar-refractivity contribution in [1.29, 1.82) is 0 Å². The molecular formula is C18H28N2O. The van der Waals surface area contributed by atoms with Gasteiger partial charge in [0, 0.05) is 17.1 Å². The molecule has 1 amide bonds. The number of piperidine rings is 1. The van der Waals surface area contributed by atoms with Gasteiger partial charge in [-0.3, -0.25) is 4.79 Å². The van der Waals surface area contributed by atoms with Crippen molar-refractivity contribution in [2.45, 2.75) is 53.0 Å². The van der Waals surface area contributed by atoms with E-state index in [1.165, 1.54) is 5.56 Å². The molecule has 3 nitrogen and oxygen atoms in total. The van der Waals surface area contributed by atoms with E-state index in [0.29, 0.717) is 6.04 Å². The molecule has 0 unspecified atom stereocenters. The highest BCUT2D eigenvalue weighted by Gasteiger charge is 2.37. The Balaban J connectivity index is 1.99. The Kier molecular flexibility index (Phi) is 5.04. The Labute approximate surface area is 128 Å². The minimum atomic E-state index is -0.242. The molecule has 1 N–H and O–H groups in total. The number of nitrogens with one attached hydrogen (secondary N) is 1. The Bertz CT molecular complexity index is 488. The first-order valence-electron chi connectivity index (χ1n) is 8.09. The molecule has 0 saturated carbocycles. The van der Waals surface area contributed by atoms with E-state index in [1.807, 2.05) is 12.1 Å². The van der Waals surface area contributed by atoms with Gasteiger partial charge in [-0.05, 0) is 63.9 Å². The highest BCUT2D eigenvalue weighted by molar-refractivity contribution is 5.95. The van der Waals surface area contributed by atoms with Crippen molar-refractivity contribution in [2.75, 3.05) is 18.4 Å². The third-order valence-electron chi connectivity index (χ3n) is 4.77. The van der Waals surface area contributed by atoms with Gasteiger partial charge < -0.3 is 10.2 Å². The van der Waals surface area contributed by atoms with Crippen LogP contribution in [0, 0.1) is 5.41 Å². The van der Waals surface area contributed by atoms with E-state index in [0.717, 1.165) is 38.0 Å². The first-order chi connectivity index (χ1) is 9.94. The summed E-state index contributed by atoms with van der Waals surface area (Å²) in [5, 5.41) is 3.11. The Morgan fingerprint density at radius 2 is 2.00 bits per heavy atom. The van der Waals surface area contributed by atoms with Gasteiger partial charge in [0.1, 0.15) is 0 Å². The zero-order valence-electron chi connectivity index (χ0n) is 13.8. The molecule has 1 aliphatic rings. The van der Waals surface area contributed by atoms with E-state index in [9.17, 15) is 4.79 Å². The largest absolute Gasteiger partial charge is 0.326 e. The summed E-state index contributed by atoms with van der Waals surface area (Å²) in [5.74, 6) is 0.166. The maximum absolute atomic E-state index is 12.6. The fraction of sp³-hybridized carbons (Fsp3) is 0.611. The van der Waals surface area contributed by atoms with Crippen molar-refractivity contribution < 1.29 is 4.79 Å². The first-order valence-corrected chi connectivity index (χ1v) is 8.09. The molecule has 0 bridgehead atoms. The summed E-state index contributed by atoms with van der Waals surface area (Å²) in [6.07, 6.45) is 2.86. The Morgan fingerprint density at radius 1 is 1.33 bits per heavy atom. The van der Waals surface area contributed by atoms with Gasteiger partial charge in [-0.15, -0.1) is 0 Å². The van der Waals surface area contributed by atoms with Crippen LogP contribution in [0.15, 0.2) is 24.3 Å². The molecule has 1 heterocycles. The average Bonchev–Trinajstić information content (AvgIpc) is 2.48. The van der Waals surface area contributed by atoms with Crippen LogP contribution < -0.4 is 5.32 Å². The number of aryl methyl sites for hydroxylation is 1. The second kappa shape index (κ2) is 6.61. The van der Waals surface area contributed by atoms with Gasteiger partial charge in [0.05, 0.1) is 0 Å². The number of carbonyl (C=O) groups is 1. The van der Waals surface area contributed by atoms with Crippen molar-refractivity contribution in [1.82, 2.24) is 4.90 Å². The Morgan fingerprint density at radius 3 is 2.57 bits per heavy atom. The van der Waals surface area contributed by atoms with Gasteiger partial charge in [-0.25, -0.2) is 0 Å². The molecule has 1 saturated heterocycles. The number of benzene rings is 1. The molecule has 0 atom stereocenters. The van der Waals surface area contributed by atoms with Crippen LogP contribution in [0.1, 0.15) is 46.1 Å². The molecule has 0 aliphatic carbocycles. The van der Waals surface area contributed by atoms with Crippen LogP contribution in [0.25, 0.3) is 0 Å². The molecule has 2 rings (SSSR count). The monoisotopic (exact) mass is 288 g/mol. The quantitative estimate of drug-likeness (QED) is 0.916. The van der Waals surface area contributed by atoms with E-state index in [2.05, 4.69) is 50.0 Å². The van der Waals surface area contributed by atoms with Gasteiger partial charge in [-0.1, -0.05) is 26.0 Å². The summed E-state index contributed by atoms with van der Waals surface area (Å²) in [6, 6.07) is 8.73. The van der Waals surface area contributed by atoms with Crippen molar-refractivity contribution >= 4 is 11.6 Å². The van der Waals surface area contributed by atoms with Crippen LogP contribution in [-0.2, 0) is 11.2 Å². The predicted octanol–water partition coefficient (Wildman–Crippen LogP) is 3.70. The maximum atomic E-state index is 12.6. The molecule has 1 fully saturated rings. The van der Waals surface area contributed by atoms with Crippen LogP contribution in [0.4, 0.5) is 5.69 Å². The lowest BCUT2D eigenvalue weighted by molar-refractivity contribution is -0.127. The van der Waals surface area contributed by atoms with Gasteiger partial charge in [0.2, 0.25) is 5.91 Å². The number of amides is 1. The standard InChI is InChI=1S/C18H28N2O/c1-5-15-7-6-8-16(13-15)19-17(21)18(4)9-11-20(12-10-18)14(2)3/h6-8,13-14H,5,9-12H2,1-4H3,(H,19,21). The number of anilines is 1. The smallest absolute Gasteiger partial charge is 0.230 e. The topological polar surface area (TPSA) is 32.3 Å². The van der Waals surface area contributed by atoms with Gasteiger partial charge >= 0.3 is 0 Å². The minimum absolute atomic E-state index is 0.166. The fourth-order valence-electron chi connectivity index (χ4n) is 2.91. The summed E-state index contributed by atoms with van der Waals surface area (Å²) in [4.78, 5) is 15.1. The van der Waals surface area contributed by atoms with E-state index in [1.54, 1.807) is 0 Å². The van der Waals surface area contributed by atoms with Crippen molar-refractivity contribution in [3.63, 3.8) is 0 Å². The first kappa shape index (κ1) is 16.0. The van der Waals surface area contributed by atoms with Crippen LogP contribution in [0.2, 0.25) is 0 Å². The highest BCUT2D eigenvalue weighted by Crippen LogP contribution is 2.33. The molecule has 116 valence electrons. The third-order valence-corrected chi connectivity index (χ3v) is 4.77. The summed E-state index contributed by atoms with van der Waals surface area (Å²) in [6.45, 7) is 10.7. The number of hydrogen-bond acceptors (Lipinski definition) is 2. The fourth-order valence-corrected chi connectivity index (χ4v) is 2.91. The summed E-state index contributed by atoms with van der Waals surface area (Å²) in [7, 11) is 0. The second-order valence-electron chi connectivity index (χ2n) is 6.70.